The number of nitrogens with zero attached hydrogens (tertiary/aromatic N) is 4. The van der Waals surface area contributed by atoms with Crippen LogP contribution < -0.4 is 21.4 Å². The van der Waals surface area contributed by atoms with Crippen molar-refractivity contribution in [2.45, 2.75) is 59.0 Å². The summed E-state index contributed by atoms with van der Waals surface area (Å²) in [6, 6.07) is 9.81. The van der Waals surface area contributed by atoms with Crippen LogP contribution in [0.1, 0.15) is 56.3 Å². The van der Waals surface area contributed by atoms with Gasteiger partial charge in [-0.2, -0.15) is 4.98 Å². The van der Waals surface area contributed by atoms with Crippen LogP contribution in [-0.4, -0.2) is 30.2 Å². The molecule has 1 fully saturated rings. The summed E-state index contributed by atoms with van der Waals surface area (Å²) in [6.45, 7) is 5.03. The van der Waals surface area contributed by atoms with Crippen molar-refractivity contribution < 1.29 is 14.6 Å². The molecule has 0 bridgehead atoms. The summed E-state index contributed by atoms with van der Waals surface area (Å²) in [6.07, 6.45) is 6.27. The van der Waals surface area contributed by atoms with Crippen molar-refractivity contribution in [2.75, 3.05) is 5.32 Å². The number of ether oxygens (including phenoxy) is 1. The van der Waals surface area contributed by atoms with Crippen LogP contribution in [0.15, 0.2) is 52.2 Å². The second kappa shape index (κ2) is 11.2. The third-order valence-corrected chi connectivity index (χ3v) is 6.49. The van der Waals surface area contributed by atoms with Gasteiger partial charge in [0.1, 0.15) is 5.75 Å². The van der Waals surface area contributed by atoms with E-state index in [0.717, 1.165) is 25.7 Å². The van der Waals surface area contributed by atoms with Gasteiger partial charge < -0.3 is 15.2 Å². The topological polar surface area (TPSA) is 128 Å². The first-order valence-electron chi connectivity index (χ1n) is 12.3. The molecule has 10 nitrogen and oxygen atoms in total. The number of carboxylic acid groups (broad SMARTS) is 1. The number of carbonyl (C=O) groups is 1. The molecular formula is C26H31N5O5. The molecule has 36 heavy (non-hydrogen) atoms. The highest BCUT2D eigenvalue weighted by Crippen LogP contribution is 2.30. The Kier molecular flexibility index (Phi) is 7.82. The predicted octanol–water partition coefficient (Wildman–Crippen LogP) is 4.27. The van der Waals surface area contributed by atoms with E-state index in [0.29, 0.717) is 42.8 Å². The number of aromatic nitrogens is 4. The molecule has 2 heterocycles. The number of nitrogens with one attached hydrogen (secondary N) is 1. The van der Waals surface area contributed by atoms with Gasteiger partial charge in [-0.3, -0.25) is 4.57 Å². The lowest BCUT2D eigenvalue weighted by Crippen LogP contribution is -2.43. The van der Waals surface area contributed by atoms with Gasteiger partial charge in [-0.15, -0.1) is 0 Å². The van der Waals surface area contributed by atoms with Gasteiger partial charge in [0.15, 0.2) is 0 Å². The van der Waals surface area contributed by atoms with Gasteiger partial charge in [-0.25, -0.2) is 23.9 Å². The molecule has 2 aromatic heterocycles. The molecule has 1 aliphatic carbocycles. The Morgan fingerprint density at radius 1 is 1.08 bits per heavy atom. The highest BCUT2D eigenvalue weighted by Gasteiger charge is 2.22. The fraction of sp³-hybridized carbons (Fsp3) is 0.423. The van der Waals surface area contributed by atoms with Gasteiger partial charge in [-0.1, -0.05) is 26.7 Å². The lowest BCUT2D eigenvalue weighted by atomic mass is 9.83. The molecule has 1 aromatic carbocycles. The molecule has 0 atom stereocenters. The van der Waals surface area contributed by atoms with Crippen molar-refractivity contribution in [2.24, 2.45) is 11.8 Å². The zero-order chi connectivity index (χ0) is 25.7. The predicted molar refractivity (Wildman–Crippen MR) is 135 cm³/mol. The molecule has 3 aromatic rings. The van der Waals surface area contributed by atoms with Crippen LogP contribution >= 0.6 is 0 Å². The van der Waals surface area contributed by atoms with Crippen molar-refractivity contribution in [1.29, 1.82) is 0 Å². The molecule has 1 saturated carbocycles. The standard InChI is InChI=1S/C26H31N5O5/c1-3-14-30-25(34)29-24(31(26(30)35)16-18-6-4-17(2)5-7-18)28-20-9-11-21(12-10-20)36-22-13-8-19(15-27-22)23(32)33/h8-13,15,17-18H,3-7,14,16H2,1-2H3,(H,32,33)(H,28,29,34). The Balaban J connectivity index is 1.54. The van der Waals surface area contributed by atoms with Crippen LogP contribution in [0.5, 0.6) is 11.6 Å². The molecule has 0 unspecified atom stereocenters. The third-order valence-electron chi connectivity index (χ3n) is 6.49. The molecule has 0 spiro atoms. The van der Waals surface area contributed by atoms with Crippen LogP contribution in [-0.2, 0) is 13.1 Å². The average Bonchev–Trinajstić information content (AvgIpc) is 2.87. The highest BCUT2D eigenvalue weighted by atomic mass is 16.5. The van der Waals surface area contributed by atoms with Crippen molar-refractivity contribution in [3.8, 4) is 11.6 Å². The molecule has 0 amide bonds. The van der Waals surface area contributed by atoms with Crippen molar-refractivity contribution in [1.82, 2.24) is 19.1 Å². The lowest BCUT2D eigenvalue weighted by Gasteiger charge is -2.27. The van der Waals surface area contributed by atoms with Crippen LogP contribution in [0.25, 0.3) is 0 Å². The average molecular weight is 494 g/mol. The normalized spacial score (nSPS) is 17.5. The van der Waals surface area contributed by atoms with Crippen molar-refractivity contribution >= 4 is 17.6 Å². The van der Waals surface area contributed by atoms with Gasteiger partial charge in [0.2, 0.25) is 11.8 Å². The summed E-state index contributed by atoms with van der Waals surface area (Å²) in [7, 11) is 0. The van der Waals surface area contributed by atoms with Gasteiger partial charge >= 0.3 is 17.3 Å². The van der Waals surface area contributed by atoms with Crippen LogP contribution in [0.4, 0.5) is 11.6 Å². The minimum absolute atomic E-state index is 0.0732. The molecular weight excluding hydrogens is 462 g/mol. The lowest BCUT2D eigenvalue weighted by molar-refractivity contribution is 0.0696. The van der Waals surface area contributed by atoms with E-state index in [1.165, 1.54) is 22.9 Å². The second-order valence-electron chi connectivity index (χ2n) is 9.33. The van der Waals surface area contributed by atoms with E-state index < -0.39 is 11.7 Å². The number of pyridine rings is 1. The number of anilines is 2. The molecule has 10 heteroatoms. The van der Waals surface area contributed by atoms with E-state index in [1.807, 2.05) is 6.92 Å². The largest absolute Gasteiger partial charge is 0.478 e. The minimum Gasteiger partial charge on any atom is -0.478 e. The third kappa shape index (κ3) is 5.99. The highest BCUT2D eigenvalue weighted by molar-refractivity contribution is 5.87. The van der Waals surface area contributed by atoms with Crippen molar-refractivity contribution in [3.05, 3.63) is 69.1 Å². The minimum atomic E-state index is -1.06. The molecule has 2 N–H and O–H groups in total. The van der Waals surface area contributed by atoms with E-state index in [-0.39, 0.29) is 23.1 Å². The first kappa shape index (κ1) is 25.2. The first-order chi connectivity index (χ1) is 17.3. The van der Waals surface area contributed by atoms with E-state index in [2.05, 4.69) is 22.2 Å². The summed E-state index contributed by atoms with van der Waals surface area (Å²) in [4.78, 5) is 45.0. The summed E-state index contributed by atoms with van der Waals surface area (Å²) in [5.74, 6) is 1.000. The van der Waals surface area contributed by atoms with Gasteiger partial charge in [0, 0.05) is 31.0 Å². The smallest absolute Gasteiger partial charge is 0.354 e. The number of benzene rings is 1. The Morgan fingerprint density at radius 3 is 2.42 bits per heavy atom. The second-order valence-corrected chi connectivity index (χ2v) is 9.33. The fourth-order valence-corrected chi connectivity index (χ4v) is 4.40. The fourth-order valence-electron chi connectivity index (χ4n) is 4.40. The number of aromatic carboxylic acids is 1. The summed E-state index contributed by atoms with van der Waals surface area (Å²) in [5.41, 5.74) is -0.186. The quantitative estimate of drug-likeness (QED) is 0.452. The molecule has 1 aliphatic rings. The maximum atomic E-state index is 13.2. The zero-order valence-corrected chi connectivity index (χ0v) is 20.5. The van der Waals surface area contributed by atoms with Gasteiger partial charge in [0.25, 0.3) is 0 Å². The summed E-state index contributed by atoms with van der Waals surface area (Å²) >= 11 is 0. The molecule has 0 saturated heterocycles. The Bertz CT molecular complexity index is 1310. The number of carboxylic acids is 1. The van der Waals surface area contributed by atoms with Crippen LogP contribution in [0.2, 0.25) is 0 Å². The maximum absolute atomic E-state index is 13.2. The Morgan fingerprint density at radius 2 is 1.81 bits per heavy atom. The Hall–Kier alpha value is -3.95. The summed E-state index contributed by atoms with van der Waals surface area (Å²) in [5, 5.41) is 12.1. The van der Waals surface area contributed by atoms with Crippen LogP contribution in [0.3, 0.4) is 0 Å². The zero-order valence-electron chi connectivity index (χ0n) is 20.5. The molecule has 4 rings (SSSR count). The van der Waals surface area contributed by atoms with Crippen molar-refractivity contribution in [3.63, 3.8) is 0 Å². The number of hydrogen-bond acceptors (Lipinski definition) is 7. The first-order valence-corrected chi connectivity index (χ1v) is 12.3. The summed E-state index contributed by atoms with van der Waals surface area (Å²) < 4.78 is 8.47. The van der Waals surface area contributed by atoms with E-state index >= 15 is 0 Å². The van der Waals surface area contributed by atoms with Gasteiger partial charge in [-0.05, 0) is 61.4 Å². The van der Waals surface area contributed by atoms with Gasteiger partial charge in [0.05, 0.1) is 5.56 Å². The molecule has 0 aliphatic heterocycles. The monoisotopic (exact) mass is 493 g/mol. The van der Waals surface area contributed by atoms with E-state index in [9.17, 15) is 14.4 Å². The number of rotatable bonds is 9. The SMILES string of the molecule is CCCn1c(=O)nc(Nc2ccc(Oc3ccc(C(=O)O)cn3)cc2)n(CC2CCC(C)CC2)c1=O. The van der Waals surface area contributed by atoms with E-state index in [1.54, 1.807) is 28.8 Å². The molecule has 190 valence electrons. The van der Waals surface area contributed by atoms with E-state index in [4.69, 9.17) is 9.84 Å². The maximum Gasteiger partial charge on any atom is 0.354 e. The number of hydrogen-bond donors (Lipinski definition) is 2. The van der Waals surface area contributed by atoms with Crippen LogP contribution in [0, 0.1) is 11.8 Å². The Labute approximate surface area is 208 Å². The molecule has 0 radical (unpaired) electrons.